The predicted octanol–water partition coefficient (Wildman–Crippen LogP) is 2.17. The molecule has 0 aromatic carbocycles. The Labute approximate surface area is 116 Å². The number of pyridine rings is 1. The van der Waals surface area contributed by atoms with Crippen LogP contribution in [0.5, 0.6) is 0 Å². The second-order valence-electron chi connectivity index (χ2n) is 5.04. The first-order valence-electron chi connectivity index (χ1n) is 6.61. The van der Waals surface area contributed by atoms with E-state index in [-0.39, 0.29) is 5.82 Å². The van der Waals surface area contributed by atoms with E-state index in [1.54, 1.807) is 6.20 Å². The molecule has 1 N–H and O–H groups in total. The SMILES string of the molecule is CN1CCC(c2ccnc(Nc3cc(F)ccn3)n2)C1. The number of hydrogen-bond donors (Lipinski definition) is 1. The van der Waals surface area contributed by atoms with Crippen LogP contribution in [0.2, 0.25) is 0 Å². The van der Waals surface area contributed by atoms with Gasteiger partial charge in [0.1, 0.15) is 11.6 Å². The fourth-order valence-electron chi connectivity index (χ4n) is 2.42. The van der Waals surface area contributed by atoms with Crippen LogP contribution in [0.1, 0.15) is 18.0 Å². The Morgan fingerprint density at radius 2 is 2.15 bits per heavy atom. The van der Waals surface area contributed by atoms with Crippen molar-refractivity contribution in [2.45, 2.75) is 12.3 Å². The highest BCUT2D eigenvalue weighted by Gasteiger charge is 2.22. The number of likely N-dealkylation sites (tertiary alicyclic amines) is 1. The summed E-state index contributed by atoms with van der Waals surface area (Å²) >= 11 is 0. The summed E-state index contributed by atoms with van der Waals surface area (Å²) in [7, 11) is 2.11. The van der Waals surface area contributed by atoms with Crippen molar-refractivity contribution in [3.63, 3.8) is 0 Å². The molecule has 1 saturated heterocycles. The lowest BCUT2D eigenvalue weighted by molar-refractivity contribution is 0.410. The molecule has 1 fully saturated rings. The maximum Gasteiger partial charge on any atom is 0.228 e. The largest absolute Gasteiger partial charge is 0.309 e. The monoisotopic (exact) mass is 273 g/mol. The molecule has 1 atom stereocenters. The van der Waals surface area contributed by atoms with Gasteiger partial charge >= 0.3 is 0 Å². The number of likely N-dealkylation sites (N-methyl/N-ethyl adjacent to an activating group) is 1. The Kier molecular flexibility index (Phi) is 3.56. The highest BCUT2D eigenvalue weighted by atomic mass is 19.1. The summed E-state index contributed by atoms with van der Waals surface area (Å²) < 4.78 is 13.1. The van der Waals surface area contributed by atoms with Gasteiger partial charge in [-0.3, -0.25) is 0 Å². The Balaban J connectivity index is 1.77. The summed E-state index contributed by atoms with van der Waals surface area (Å²) in [5.41, 5.74) is 1.02. The van der Waals surface area contributed by atoms with E-state index in [1.807, 2.05) is 6.07 Å². The molecule has 2 aromatic rings. The molecule has 3 rings (SSSR count). The zero-order valence-electron chi connectivity index (χ0n) is 11.3. The molecule has 20 heavy (non-hydrogen) atoms. The summed E-state index contributed by atoms with van der Waals surface area (Å²) in [6, 6.07) is 4.56. The fourth-order valence-corrected chi connectivity index (χ4v) is 2.42. The van der Waals surface area contributed by atoms with Gasteiger partial charge in [0.05, 0.1) is 5.69 Å². The van der Waals surface area contributed by atoms with Gasteiger partial charge in [-0.05, 0) is 32.1 Å². The number of anilines is 2. The van der Waals surface area contributed by atoms with Gasteiger partial charge in [0.2, 0.25) is 5.95 Å². The summed E-state index contributed by atoms with van der Waals surface area (Å²) in [5.74, 6) is 0.959. The Morgan fingerprint density at radius 3 is 2.90 bits per heavy atom. The number of nitrogens with one attached hydrogen (secondary N) is 1. The maximum absolute atomic E-state index is 13.1. The van der Waals surface area contributed by atoms with Crippen molar-refractivity contribution >= 4 is 11.8 Å². The van der Waals surface area contributed by atoms with Crippen molar-refractivity contribution in [1.29, 1.82) is 0 Å². The predicted molar refractivity (Wildman–Crippen MR) is 74.4 cm³/mol. The average Bonchev–Trinajstić information content (AvgIpc) is 2.86. The summed E-state index contributed by atoms with van der Waals surface area (Å²) in [4.78, 5) is 15.0. The van der Waals surface area contributed by atoms with Gasteiger partial charge < -0.3 is 10.2 Å². The standard InChI is InChI=1S/C14H16FN5/c1-20-7-4-10(9-20)12-3-6-17-14(18-12)19-13-8-11(15)2-5-16-13/h2-3,5-6,8,10H,4,7,9H2,1H3,(H,16,17,18,19). The first-order valence-corrected chi connectivity index (χ1v) is 6.61. The van der Waals surface area contributed by atoms with E-state index in [2.05, 4.69) is 32.2 Å². The molecule has 104 valence electrons. The van der Waals surface area contributed by atoms with Gasteiger partial charge in [-0.15, -0.1) is 0 Å². The first kappa shape index (κ1) is 12.9. The molecule has 0 spiro atoms. The summed E-state index contributed by atoms with van der Waals surface area (Å²) in [6.07, 6.45) is 4.24. The summed E-state index contributed by atoms with van der Waals surface area (Å²) in [6.45, 7) is 2.09. The molecule has 2 aromatic heterocycles. The molecule has 5 nitrogen and oxygen atoms in total. The van der Waals surface area contributed by atoms with E-state index in [4.69, 9.17) is 0 Å². The van der Waals surface area contributed by atoms with Gasteiger partial charge in [0, 0.05) is 30.9 Å². The topological polar surface area (TPSA) is 53.9 Å². The van der Waals surface area contributed by atoms with Crippen molar-refractivity contribution in [3.05, 3.63) is 42.1 Å². The van der Waals surface area contributed by atoms with Crippen LogP contribution in [0.3, 0.4) is 0 Å². The molecule has 3 heterocycles. The minimum absolute atomic E-state index is 0.337. The smallest absolute Gasteiger partial charge is 0.228 e. The third-order valence-corrected chi connectivity index (χ3v) is 3.45. The van der Waals surface area contributed by atoms with E-state index in [1.165, 1.54) is 18.3 Å². The van der Waals surface area contributed by atoms with Gasteiger partial charge in [-0.25, -0.2) is 19.3 Å². The lowest BCUT2D eigenvalue weighted by Crippen LogP contribution is -2.14. The highest BCUT2D eigenvalue weighted by molar-refractivity contribution is 5.47. The maximum atomic E-state index is 13.1. The van der Waals surface area contributed by atoms with Crippen LogP contribution in [0.25, 0.3) is 0 Å². The van der Waals surface area contributed by atoms with Gasteiger partial charge in [0.15, 0.2) is 0 Å². The van der Waals surface area contributed by atoms with Gasteiger partial charge in [-0.2, -0.15) is 0 Å². The number of rotatable bonds is 3. The number of hydrogen-bond acceptors (Lipinski definition) is 5. The van der Waals surface area contributed by atoms with E-state index in [0.717, 1.165) is 25.2 Å². The highest BCUT2D eigenvalue weighted by Crippen LogP contribution is 2.25. The molecule has 0 radical (unpaired) electrons. The lowest BCUT2D eigenvalue weighted by Gasteiger charge is -2.11. The lowest BCUT2D eigenvalue weighted by atomic mass is 10.1. The molecular formula is C14H16FN5. The van der Waals surface area contributed by atoms with Crippen LogP contribution in [0.4, 0.5) is 16.2 Å². The molecule has 1 unspecified atom stereocenters. The van der Waals surface area contributed by atoms with Crippen molar-refractivity contribution in [3.8, 4) is 0 Å². The molecule has 0 amide bonds. The minimum Gasteiger partial charge on any atom is -0.309 e. The molecule has 0 bridgehead atoms. The van der Waals surface area contributed by atoms with Crippen LogP contribution in [-0.2, 0) is 0 Å². The fraction of sp³-hybridized carbons (Fsp3) is 0.357. The van der Waals surface area contributed by atoms with E-state index < -0.39 is 0 Å². The van der Waals surface area contributed by atoms with Gasteiger partial charge in [0.25, 0.3) is 0 Å². The Bertz CT molecular complexity index is 604. The second-order valence-corrected chi connectivity index (χ2v) is 5.04. The van der Waals surface area contributed by atoms with Crippen molar-refractivity contribution in [2.75, 3.05) is 25.5 Å². The number of nitrogens with zero attached hydrogens (tertiary/aromatic N) is 4. The van der Waals surface area contributed by atoms with Gasteiger partial charge in [-0.1, -0.05) is 0 Å². The van der Waals surface area contributed by atoms with E-state index in [9.17, 15) is 4.39 Å². The third kappa shape index (κ3) is 2.91. The van der Waals surface area contributed by atoms with Crippen LogP contribution in [0.15, 0.2) is 30.6 Å². The van der Waals surface area contributed by atoms with E-state index >= 15 is 0 Å². The summed E-state index contributed by atoms with van der Waals surface area (Å²) in [5, 5.41) is 2.93. The number of aromatic nitrogens is 3. The normalized spacial score (nSPS) is 19.2. The molecular weight excluding hydrogens is 257 g/mol. The zero-order valence-corrected chi connectivity index (χ0v) is 11.3. The van der Waals surface area contributed by atoms with Crippen molar-refractivity contribution in [1.82, 2.24) is 19.9 Å². The third-order valence-electron chi connectivity index (χ3n) is 3.45. The zero-order chi connectivity index (χ0) is 13.9. The quantitative estimate of drug-likeness (QED) is 0.929. The van der Waals surface area contributed by atoms with Crippen LogP contribution < -0.4 is 5.32 Å². The van der Waals surface area contributed by atoms with Crippen molar-refractivity contribution in [2.24, 2.45) is 0 Å². The molecule has 0 aliphatic carbocycles. The number of halogens is 1. The Hall–Kier alpha value is -2.08. The van der Waals surface area contributed by atoms with E-state index in [0.29, 0.717) is 17.7 Å². The van der Waals surface area contributed by atoms with Crippen molar-refractivity contribution < 1.29 is 4.39 Å². The molecule has 6 heteroatoms. The Morgan fingerprint density at radius 1 is 1.30 bits per heavy atom. The first-order chi connectivity index (χ1) is 9.70. The molecule has 1 aliphatic heterocycles. The van der Waals surface area contributed by atoms with Crippen LogP contribution >= 0.6 is 0 Å². The molecule has 1 aliphatic rings. The molecule has 0 saturated carbocycles. The average molecular weight is 273 g/mol. The second kappa shape index (κ2) is 5.50. The van der Waals surface area contributed by atoms with Crippen LogP contribution in [-0.4, -0.2) is 40.0 Å². The van der Waals surface area contributed by atoms with Crippen LogP contribution in [0, 0.1) is 5.82 Å². The minimum atomic E-state index is -0.337.